The Hall–Kier alpha value is -3.06. The van der Waals surface area contributed by atoms with E-state index in [1.54, 1.807) is 30.3 Å². The van der Waals surface area contributed by atoms with E-state index in [1.165, 1.54) is 6.26 Å². The summed E-state index contributed by atoms with van der Waals surface area (Å²) in [7, 11) is -3.35. The number of amides is 1. The summed E-state index contributed by atoms with van der Waals surface area (Å²) in [6.07, 6.45) is 2.57. The summed E-state index contributed by atoms with van der Waals surface area (Å²) in [5.74, 6) is -0.100. The van der Waals surface area contributed by atoms with Gasteiger partial charge in [-0.25, -0.2) is 8.42 Å². The normalized spacial score (nSPS) is 11.1. The van der Waals surface area contributed by atoms with Crippen LogP contribution in [-0.2, 0) is 16.6 Å². The second kappa shape index (κ2) is 7.45. The van der Waals surface area contributed by atoms with Gasteiger partial charge in [0.25, 0.3) is 5.91 Å². The predicted octanol–water partition coefficient (Wildman–Crippen LogP) is 3.25. The van der Waals surface area contributed by atoms with Crippen LogP contribution in [0.5, 0.6) is 0 Å². The van der Waals surface area contributed by atoms with Crippen molar-refractivity contribution in [2.45, 2.75) is 6.54 Å². The van der Waals surface area contributed by atoms with Crippen LogP contribution < -0.4 is 10.0 Å². The molecule has 0 unspecified atom stereocenters. The Labute approximate surface area is 151 Å². The minimum absolute atomic E-state index is 0.238. The number of nitrogens with one attached hydrogen (secondary N) is 2. The second-order valence-corrected chi connectivity index (χ2v) is 7.54. The largest absolute Gasteiger partial charge is 0.459 e. The maximum Gasteiger partial charge on any atom is 0.287 e. The molecule has 0 spiro atoms. The van der Waals surface area contributed by atoms with E-state index in [1.807, 2.05) is 30.3 Å². The van der Waals surface area contributed by atoms with E-state index in [0.29, 0.717) is 5.69 Å². The first kappa shape index (κ1) is 17.8. The van der Waals surface area contributed by atoms with Crippen molar-refractivity contribution in [2.24, 2.45) is 0 Å². The van der Waals surface area contributed by atoms with Gasteiger partial charge in [-0.05, 0) is 29.3 Å². The molecule has 0 aliphatic carbocycles. The third-order valence-electron chi connectivity index (χ3n) is 3.64. The molecule has 0 atom stereocenters. The first-order chi connectivity index (χ1) is 12.4. The fraction of sp³-hybridized carbons (Fsp3) is 0.105. The molecular formula is C19H18N2O4S. The summed E-state index contributed by atoms with van der Waals surface area (Å²) in [5, 5.41) is 2.79. The molecule has 0 fully saturated rings. The molecule has 0 saturated heterocycles. The van der Waals surface area contributed by atoms with Crippen LogP contribution in [0.1, 0.15) is 16.1 Å². The number of sulfonamides is 1. The highest BCUT2D eigenvalue weighted by molar-refractivity contribution is 7.92. The second-order valence-electron chi connectivity index (χ2n) is 5.79. The van der Waals surface area contributed by atoms with Crippen molar-refractivity contribution in [1.29, 1.82) is 0 Å². The molecule has 1 heterocycles. The van der Waals surface area contributed by atoms with Crippen molar-refractivity contribution in [1.82, 2.24) is 5.32 Å². The molecule has 0 aliphatic rings. The Morgan fingerprint density at radius 3 is 2.54 bits per heavy atom. The van der Waals surface area contributed by atoms with Crippen LogP contribution in [0.2, 0.25) is 0 Å². The maximum atomic E-state index is 12.5. The molecule has 0 radical (unpaired) electrons. The molecule has 2 aromatic carbocycles. The number of hydrogen-bond acceptors (Lipinski definition) is 4. The van der Waals surface area contributed by atoms with Gasteiger partial charge in [0.15, 0.2) is 5.76 Å². The quantitative estimate of drug-likeness (QED) is 0.697. The van der Waals surface area contributed by atoms with Gasteiger partial charge in [0.05, 0.1) is 12.5 Å². The average molecular weight is 370 g/mol. The molecule has 1 amide bonds. The molecule has 7 heteroatoms. The van der Waals surface area contributed by atoms with Gasteiger partial charge in [0.1, 0.15) is 0 Å². The van der Waals surface area contributed by atoms with Crippen molar-refractivity contribution in [3.8, 4) is 11.1 Å². The Kier molecular flexibility index (Phi) is 5.09. The average Bonchev–Trinajstić information content (AvgIpc) is 3.09. The van der Waals surface area contributed by atoms with E-state index >= 15 is 0 Å². The number of benzene rings is 2. The molecule has 0 bridgehead atoms. The van der Waals surface area contributed by atoms with Crippen molar-refractivity contribution in [3.05, 3.63) is 78.3 Å². The maximum absolute atomic E-state index is 12.5. The van der Waals surface area contributed by atoms with Crippen LogP contribution in [0.4, 0.5) is 5.69 Å². The standard InChI is InChI=1S/C19H18N2O4S/c1-26(23,24)21-16-9-5-6-14(12-16)13-20-19(22)18-17(10-11-25-18)15-7-3-2-4-8-15/h2-12,21H,13H2,1H3,(H,20,22). The van der Waals surface area contributed by atoms with E-state index in [-0.39, 0.29) is 18.2 Å². The first-order valence-electron chi connectivity index (χ1n) is 7.90. The van der Waals surface area contributed by atoms with Crippen molar-refractivity contribution >= 4 is 21.6 Å². The fourth-order valence-electron chi connectivity index (χ4n) is 2.55. The molecule has 2 N–H and O–H groups in total. The molecule has 6 nitrogen and oxygen atoms in total. The first-order valence-corrected chi connectivity index (χ1v) is 9.79. The fourth-order valence-corrected chi connectivity index (χ4v) is 3.11. The number of hydrogen-bond donors (Lipinski definition) is 2. The van der Waals surface area contributed by atoms with Crippen molar-refractivity contribution < 1.29 is 17.6 Å². The Morgan fingerprint density at radius 2 is 1.81 bits per heavy atom. The molecule has 0 aliphatic heterocycles. The van der Waals surface area contributed by atoms with Crippen LogP contribution >= 0.6 is 0 Å². The number of rotatable bonds is 6. The highest BCUT2D eigenvalue weighted by Crippen LogP contribution is 2.24. The molecule has 134 valence electrons. The Bertz CT molecular complexity index is 1010. The van der Waals surface area contributed by atoms with E-state index in [4.69, 9.17) is 4.42 Å². The minimum Gasteiger partial charge on any atom is -0.459 e. The number of carbonyl (C=O) groups excluding carboxylic acids is 1. The van der Waals surface area contributed by atoms with Gasteiger partial charge in [0.2, 0.25) is 10.0 Å². The zero-order valence-electron chi connectivity index (χ0n) is 14.1. The van der Waals surface area contributed by atoms with E-state index in [2.05, 4.69) is 10.0 Å². The van der Waals surface area contributed by atoms with Crippen LogP contribution in [0.15, 0.2) is 71.3 Å². The van der Waals surface area contributed by atoms with Crippen molar-refractivity contribution in [3.63, 3.8) is 0 Å². The number of furan rings is 1. The zero-order chi connectivity index (χ0) is 18.6. The smallest absolute Gasteiger partial charge is 0.287 e. The van der Waals surface area contributed by atoms with Crippen LogP contribution in [0, 0.1) is 0 Å². The van der Waals surface area contributed by atoms with Gasteiger partial charge in [-0.3, -0.25) is 9.52 Å². The third-order valence-corrected chi connectivity index (χ3v) is 4.25. The van der Waals surface area contributed by atoms with Crippen molar-refractivity contribution in [2.75, 3.05) is 11.0 Å². The lowest BCUT2D eigenvalue weighted by Gasteiger charge is -2.08. The summed E-state index contributed by atoms with van der Waals surface area (Å²) in [5.41, 5.74) is 2.82. The van der Waals surface area contributed by atoms with Gasteiger partial charge in [-0.15, -0.1) is 0 Å². The zero-order valence-corrected chi connectivity index (χ0v) is 14.9. The highest BCUT2D eigenvalue weighted by Gasteiger charge is 2.16. The van der Waals surface area contributed by atoms with Gasteiger partial charge in [-0.1, -0.05) is 42.5 Å². The van der Waals surface area contributed by atoms with Crippen LogP contribution in [-0.4, -0.2) is 20.6 Å². The highest BCUT2D eigenvalue weighted by atomic mass is 32.2. The molecule has 3 aromatic rings. The number of anilines is 1. The minimum atomic E-state index is -3.35. The lowest BCUT2D eigenvalue weighted by molar-refractivity contribution is 0.0924. The van der Waals surface area contributed by atoms with Gasteiger partial charge in [0, 0.05) is 17.8 Å². The molecule has 0 saturated carbocycles. The predicted molar refractivity (Wildman–Crippen MR) is 100 cm³/mol. The Morgan fingerprint density at radius 1 is 1.04 bits per heavy atom. The summed E-state index contributed by atoms with van der Waals surface area (Å²) in [6, 6.07) is 18.1. The molecule has 3 rings (SSSR count). The van der Waals surface area contributed by atoms with Crippen LogP contribution in [0.25, 0.3) is 11.1 Å². The molecule has 1 aromatic heterocycles. The van der Waals surface area contributed by atoms with Gasteiger partial charge < -0.3 is 9.73 Å². The molecular weight excluding hydrogens is 352 g/mol. The van der Waals surface area contributed by atoms with Gasteiger partial charge in [-0.2, -0.15) is 0 Å². The monoisotopic (exact) mass is 370 g/mol. The summed E-state index contributed by atoms with van der Waals surface area (Å²) in [6.45, 7) is 0.243. The number of carbonyl (C=O) groups is 1. The van der Waals surface area contributed by atoms with E-state index in [9.17, 15) is 13.2 Å². The van der Waals surface area contributed by atoms with E-state index < -0.39 is 10.0 Å². The Balaban J connectivity index is 1.71. The summed E-state index contributed by atoms with van der Waals surface area (Å²) < 4.78 is 30.4. The third kappa shape index (κ3) is 4.52. The topological polar surface area (TPSA) is 88.4 Å². The summed E-state index contributed by atoms with van der Waals surface area (Å²) >= 11 is 0. The SMILES string of the molecule is CS(=O)(=O)Nc1cccc(CNC(=O)c2occc2-c2ccccc2)c1. The van der Waals surface area contributed by atoms with Crippen LogP contribution in [0.3, 0.4) is 0 Å². The molecule has 26 heavy (non-hydrogen) atoms. The van der Waals surface area contributed by atoms with E-state index in [0.717, 1.165) is 22.9 Å². The lowest BCUT2D eigenvalue weighted by Crippen LogP contribution is -2.23. The lowest BCUT2D eigenvalue weighted by atomic mass is 10.1. The summed E-state index contributed by atoms with van der Waals surface area (Å²) in [4.78, 5) is 12.5. The van der Waals surface area contributed by atoms with Gasteiger partial charge >= 0.3 is 0 Å².